The predicted molar refractivity (Wildman–Crippen MR) is 82.3 cm³/mol. The number of carbonyl (C=O) groups is 1. The van der Waals surface area contributed by atoms with Crippen molar-refractivity contribution in [2.24, 2.45) is 23.2 Å². The average molecular weight is 322 g/mol. The van der Waals surface area contributed by atoms with Crippen molar-refractivity contribution in [3.05, 3.63) is 22.8 Å². The Hall–Kier alpha value is -1.29. The molecule has 22 heavy (non-hydrogen) atoms. The largest absolute Gasteiger partial charge is 0.478 e. The van der Waals surface area contributed by atoms with E-state index >= 15 is 0 Å². The summed E-state index contributed by atoms with van der Waals surface area (Å²) in [7, 11) is 0. The van der Waals surface area contributed by atoms with Crippen molar-refractivity contribution in [3.8, 4) is 5.88 Å². The van der Waals surface area contributed by atoms with E-state index in [0.29, 0.717) is 17.9 Å². The molecular formula is C17H20ClNO3. The molecule has 0 aromatic carbocycles. The number of hydrogen-bond acceptors (Lipinski definition) is 3. The van der Waals surface area contributed by atoms with Gasteiger partial charge in [-0.1, -0.05) is 11.6 Å². The minimum absolute atomic E-state index is 0.0900. The summed E-state index contributed by atoms with van der Waals surface area (Å²) in [5.41, 5.74) is 0.387. The Morgan fingerprint density at radius 2 is 1.86 bits per heavy atom. The summed E-state index contributed by atoms with van der Waals surface area (Å²) in [4.78, 5) is 15.0. The van der Waals surface area contributed by atoms with Crippen molar-refractivity contribution in [2.75, 3.05) is 6.61 Å². The summed E-state index contributed by atoms with van der Waals surface area (Å²) in [6, 6.07) is 1.41. The van der Waals surface area contributed by atoms with Gasteiger partial charge in [-0.05, 0) is 62.3 Å². The van der Waals surface area contributed by atoms with Gasteiger partial charge in [0.25, 0.3) is 0 Å². The van der Waals surface area contributed by atoms with Crippen LogP contribution in [0.25, 0.3) is 0 Å². The lowest BCUT2D eigenvalue weighted by Crippen LogP contribution is -2.48. The van der Waals surface area contributed by atoms with Crippen LogP contribution in [-0.4, -0.2) is 22.7 Å². The Bertz CT molecular complexity index is 581. The molecule has 4 nitrogen and oxygen atoms in total. The molecule has 4 aliphatic carbocycles. The summed E-state index contributed by atoms with van der Waals surface area (Å²) >= 11 is 6.11. The van der Waals surface area contributed by atoms with Crippen LogP contribution >= 0.6 is 11.6 Å². The lowest BCUT2D eigenvalue weighted by atomic mass is 9.50. The Morgan fingerprint density at radius 1 is 1.27 bits per heavy atom. The highest BCUT2D eigenvalue weighted by Crippen LogP contribution is 2.60. The summed E-state index contributed by atoms with van der Waals surface area (Å²) in [6.07, 6.45) is 9.34. The van der Waals surface area contributed by atoms with Crippen molar-refractivity contribution >= 4 is 17.6 Å². The molecule has 1 aromatic heterocycles. The second kappa shape index (κ2) is 5.12. The molecule has 0 unspecified atom stereocenters. The molecule has 118 valence electrons. The third kappa shape index (κ3) is 2.47. The van der Waals surface area contributed by atoms with Crippen LogP contribution in [0.3, 0.4) is 0 Å². The van der Waals surface area contributed by atoms with E-state index in [9.17, 15) is 4.79 Å². The summed E-state index contributed by atoms with van der Waals surface area (Å²) in [6.45, 7) is 0.662. The van der Waals surface area contributed by atoms with Crippen molar-refractivity contribution in [3.63, 3.8) is 0 Å². The molecule has 5 rings (SSSR count). The zero-order valence-electron chi connectivity index (χ0n) is 12.4. The molecule has 4 bridgehead atoms. The maximum atomic E-state index is 10.9. The number of aromatic nitrogens is 1. The van der Waals surface area contributed by atoms with Gasteiger partial charge in [0, 0.05) is 11.6 Å². The number of aromatic carboxylic acids is 1. The first-order valence-electron chi connectivity index (χ1n) is 8.05. The zero-order chi connectivity index (χ0) is 15.3. The van der Waals surface area contributed by atoms with Crippen LogP contribution in [0.4, 0.5) is 0 Å². The highest BCUT2D eigenvalue weighted by atomic mass is 35.5. The lowest BCUT2D eigenvalue weighted by molar-refractivity contribution is -0.0751. The average Bonchev–Trinajstić information content (AvgIpc) is 2.44. The van der Waals surface area contributed by atoms with Gasteiger partial charge in [0.15, 0.2) is 0 Å². The number of pyridine rings is 1. The number of hydrogen-bond donors (Lipinski definition) is 1. The van der Waals surface area contributed by atoms with E-state index in [1.165, 1.54) is 50.8 Å². The van der Waals surface area contributed by atoms with Crippen LogP contribution in [0.1, 0.15) is 48.9 Å². The van der Waals surface area contributed by atoms with Gasteiger partial charge in [0.1, 0.15) is 5.02 Å². The van der Waals surface area contributed by atoms with E-state index in [1.807, 2.05) is 0 Å². The molecule has 4 saturated carbocycles. The molecule has 4 fully saturated rings. The van der Waals surface area contributed by atoms with E-state index < -0.39 is 5.97 Å². The third-order valence-corrected chi connectivity index (χ3v) is 6.01. The molecule has 0 amide bonds. The maximum absolute atomic E-state index is 10.9. The van der Waals surface area contributed by atoms with E-state index in [-0.39, 0.29) is 10.6 Å². The normalized spacial score (nSPS) is 35.6. The number of halogens is 1. The van der Waals surface area contributed by atoms with E-state index in [1.54, 1.807) is 0 Å². The Balaban J connectivity index is 1.48. The molecule has 0 aliphatic heterocycles. The first-order valence-corrected chi connectivity index (χ1v) is 8.42. The number of rotatable bonds is 4. The van der Waals surface area contributed by atoms with Crippen molar-refractivity contribution < 1.29 is 14.6 Å². The van der Waals surface area contributed by atoms with Crippen LogP contribution in [0, 0.1) is 23.2 Å². The lowest BCUT2D eigenvalue weighted by Gasteiger charge is -2.56. The van der Waals surface area contributed by atoms with Gasteiger partial charge in [0.05, 0.1) is 12.2 Å². The molecule has 0 saturated heterocycles. The SMILES string of the molecule is O=C(O)c1cnc(OCC23CC4CC(CC(C4)C2)C3)c(Cl)c1. The van der Waals surface area contributed by atoms with Gasteiger partial charge < -0.3 is 9.84 Å². The van der Waals surface area contributed by atoms with Gasteiger partial charge >= 0.3 is 5.97 Å². The standard InChI is InChI=1S/C17H20ClNO3/c18-14-4-13(16(20)21)8-19-15(14)22-9-17-5-10-1-11(6-17)3-12(2-10)7-17/h4,8,10-12H,1-3,5-7,9H2,(H,20,21). The van der Waals surface area contributed by atoms with Crippen LogP contribution in [0.2, 0.25) is 5.02 Å². The van der Waals surface area contributed by atoms with E-state index in [2.05, 4.69) is 4.98 Å². The maximum Gasteiger partial charge on any atom is 0.337 e. The molecule has 1 heterocycles. The van der Waals surface area contributed by atoms with Crippen LogP contribution < -0.4 is 4.74 Å². The highest BCUT2D eigenvalue weighted by Gasteiger charge is 2.51. The quantitative estimate of drug-likeness (QED) is 0.909. The smallest absolute Gasteiger partial charge is 0.337 e. The number of nitrogens with zero attached hydrogens (tertiary/aromatic N) is 1. The van der Waals surface area contributed by atoms with Crippen LogP contribution in [0.5, 0.6) is 5.88 Å². The number of carboxylic acids is 1. The van der Waals surface area contributed by atoms with Gasteiger partial charge in [0.2, 0.25) is 5.88 Å². The molecular weight excluding hydrogens is 302 g/mol. The van der Waals surface area contributed by atoms with E-state index in [0.717, 1.165) is 17.8 Å². The second-order valence-corrected chi connectivity index (χ2v) is 7.93. The predicted octanol–water partition coefficient (Wildman–Crippen LogP) is 4.03. The Kier molecular flexibility index (Phi) is 3.33. The third-order valence-electron chi connectivity index (χ3n) is 5.73. The summed E-state index contributed by atoms with van der Waals surface area (Å²) in [5, 5.41) is 9.23. The Morgan fingerprint density at radius 3 is 2.36 bits per heavy atom. The number of carboxylic acid groups (broad SMARTS) is 1. The molecule has 4 aliphatic rings. The highest BCUT2D eigenvalue weighted by molar-refractivity contribution is 6.32. The van der Waals surface area contributed by atoms with Crippen LogP contribution in [0.15, 0.2) is 12.3 Å². The Labute approximate surface area is 134 Å². The minimum Gasteiger partial charge on any atom is -0.478 e. The first kappa shape index (κ1) is 14.3. The molecule has 1 aromatic rings. The van der Waals surface area contributed by atoms with Gasteiger partial charge in [-0.3, -0.25) is 0 Å². The van der Waals surface area contributed by atoms with Crippen molar-refractivity contribution in [2.45, 2.75) is 38.5 Å². The van der Waals surface area contributed by atoms with Gasteiger partial charge in [-0.15, -0.1) is 0 Å². The van der Waals surface area contributed by atoms with Crippen molar-refractivity contribution in [1.29, 1.82) is 0 Å². The molecule has 5 heteroatoms. The first-order chi connectivity index (χ1) is 10.5. The molecule has 0 spiro atoms. The topological polar surface area (TPSA) is 59.4 Å². The molecule has 0 radical (unpaired) electrons. The number of ether oxygens (including phenoxy) is 1. The van der Waals surface area contributed by atoms with Crippen LogP contribution in [-0.2, 0) is 0 Å². The molecule has 1 N–H and O–H groups in total. The monoisotopic (exact) mass is 321 g/mol. The fourth-order valence-electron chi connectivity index (χ4n) is 5.34. The van der Waals surface area contributed by atoms with Crippen molar-refractivity contribution in [1.82, 2.24) is 4.98 Å². The second-order valence-electron chi connectivity index (χ2n) is 7.52. The summed E-state index contributed by atoms with van der Waals surface area (Å²) in [5.74, 6) is 1.98. The zero-order valence-corrected chi connectivity index (χ0v) is 13.2. The summed E-state index contributed by atoms with van der Waals surface area (Å²) < 4.78 is 5.92. The fraction of sp³-hybridized carbons (Fsp3) is 0.647. The van der Waals surface area contributed by atoms with Gasteiger partial charge in [-0.25, -0.2) is 9.78 Å². The minimum atomic E-state index is -1.03. The van der Waals surface area contributed by atoms with Gasteiger partial charge in [-0.2, -0.15) is 0 Å². The van der Waals surface area contributed by atoms with E-state index in [4.69, 9.17) is 21.4 Å². The molecule has 0 atom stereocenters. The fourth-order valence-corrected chi connectivity index (χ4v) is 5.56.